The van der Waals surface area contributed by atoms with Crippen LogP contribution in [0.2, 0.25) is 5.02 Å². The molecule has 94 valence electrons. The highest BCUT2D eigenvalue weighted by atomic mass is 35.5. The summed E-state index contributed by atoms with van der Waals surface area (Å²) in [7, 11) is -3.47. The second-order valence-corrected chi connectivity index (χ2v) is 6.41. The molecule has 0 unspecified atom stereocenters. The van der Waals surface area contributed by atoms with E-state index in [1.165, 1.54) is 18.2 Å². The van der Waals surface area contributed by atoms with E-state index in [0.717, 1.165) is 25.7 Å². The highest BCUT2D eigenvalue weighted by Gasteiger charge is 2.23. The van der Waals surface area contributed by atoms with Gasteiger partial charge in [-0.1, -0.05) is 24.4 Å². The summed E-state index contributed by atoms with van der Waals surface area (Å²) in [5.41, 5.74) is 5.88. The summed E-state index contributed by atoms with van der Waals surface area (Å²) in [6.45, 7) is 0. The van der Waals surface area contributed by atoms with Gasteiger partial charge in [0, 0.05) is 6.04 Å². The van der Waals surface area contributed by atoms with Gasteiger partial charge in [0.1, 0.15) is 0 Å². The number of nitrogens with one attached hydrogen (secondary N) is 1. The number of sulfonamides is 1. The lowest BCUT2D eigenvalue weighted by molar-refractivity contribution is 0.552. The highest BCUT2D eigenvalue weighted by Crippen LogP contribution is 2.24. The lowest BCUT2D eigenvalue weighted by Gasteiger charge is -2.13. The molecule has 0 bridgehead atoms. The molecule has 1 aromatic rings. The normalized spacial score (nSPS) is 17.5. The molecule has 0 aliphatic heterocycles. The van der Waals surface area contributed by atoms with E-state index in [9.17, 15) is 8.42 Å². The minimum atomic E-state index is -3.47. The third-order valence-electron chi connectivity index (χ3n) is 2.95. The molecular formula is C11H15ClN2O2S. The van der Waals surface area contributed by atoms with Crippen LogP contribution in [0.15, 0.2) is 23.1 Å². The van der Waals surface area contributed by atoms with Crippen LogP contribution in [0.3, 0.4) is 0 Å². The van der Waals surface area contributed by atoms with Crippen molar-refractivity contribution in [2.45, 2.75) is 36.6 Å². The summed E-state index contributed by atoms with van der Waals surface area (Å²) in [5, 5.41) is 0.366. The molecule has 6 heteroatoms. The lowest BCUT2D eigenvalue weighted by Crippen LogP contribution is -2.32. The van der Waals surface area contributed by atoms with Gasteiger partial charge in [-0.15, -0.1) is 0 Å². The second kappa shape index (κ2) is 4.84. The molecule has 1 aromatic carbocycles. The zero-order chi connectivity index (χ0) is 12.5. The van der Waals surface area contributed by atoms with Crippen LogP contribution in [0.1, 0.15) is 25.7 Å². The molecule has 0 amide bonds. The molecule has 2 rings (SSSR count). The lowest BCUT2D eigenvalue weighted by atomic mass is 10.3. The largest absolute Gasteiger partial charge is 0.397 e. The average molecular weight is 275 g/mol. The SMILES string of the molecule is Nc1cc(S(=O)(=O)NC2CCCC2)ccc1Cl. The van der Waals surface area contributed by atoms with Crippen LogP contribution in [-0.4, -0.2) is 14.5 Å². The van der Waals surface area contributed by atoms with Crippen LogP contribution >= 0.6 is 11.6 Å². The van der Waals surface area contributed by atoms with Gasteiger partial charge in [-0.25, -0.2) is 13.1 Å². The molecule has 17 heavy (non-hydrogen) atoms. The molecule has 1 fully saturated rings. The van der Waals surface area contributed by atoms with Gasteiger partial charge in [0.2, 0.25) is 10.0 Å². The molecule has 4 nitrogen and oxygen atoms in total. The van der Waals surface area contributed by atoms with Crippen molar-refractivity contribution in [2.75, 3.05) is 5.73 Å². The van der Waals surface area contributed by atoms with Gasteiger partial charge in [-0.2, -0.15) is 0 Å². The number of nitrogen functional groups attached to an aromatic ring is 1. The Labute approximate surface area is 106 Å². The average Bonchev–Trinajstić information content (AvgIpc) is 2.73. The van der Waals surface area contributed by atoms with Gasteiger partial charge < -0.3 is 5.73 Å². The monoisotopic (exact) mass is 274 g/mol. The number of hydrogen-bond donors (Lipinski definition) is 2. The minimum Gasteiger partial charge on any atom is -0.397 e. The predicted octanol–water partition coefficient (Wildman–Crippen LogP) is 2.14. The maximum Gasteiger partial charge on any atom is 0.240 e. The zero-order valence-electron chi connectivity index (χ0n) is 9.32. The summed E-state index contributed by atoms with van der Waals surface area (Å²) < 4.78 is 26.8. The maximum atomic E-state index is 12.0. The molecule has 0 radical (unpaired) electrons. The number of halogens is 1. The van der Waals surface area contributed by atoms with E-state index >= 15 is 0 Å². The van der Waals surface area contributed by atoms with Crippen molar-refractivity contribution in [3.05, 3.63) is 23.2 Å². The molecule has 0 atom stereocenters. The summed E-state index contributed by atoms with van der Waals surface area (Å²) in [6, 6.07) is 4.41. The first-order valence-electron chi connectivity index (χ1n) is 5.56. The fourth-order valence-corrected chi connectivity index (χ4v) is 3.48. The van der Waals surface area contributed by atoms with Gasteiger partial charge in [0.05, 0.1) is 15.6 Å². The Hall–Kier alpha value is -0.780. The Balaban J connectivity index is 2.21. The van der Waals surface area contributed by atoms with Crippen molar-refractivity contribution < 1.29 is 8.42 Å². The summed E-state index contributed by atoms with van der Waals surface area (Å²) in [6.07, 6.45) is 3.97. The Kier molecular flexibility index (Phi) is 3.61. The van der Waals surface area contributed by atoms with Gasteiger partial charge in [-0.05, 0) is 31.0 Å². The van der Waals surface area contributed by atoms with Crippen LogP contribution in [-0.2, 0) is 10.0 Å². The quantitative estimate of drug-likeness (QED) is 0.830. The number of hydrogen-bond acceptors (Lipinski definition) is 3. The van der Waals surface area contributed by atoms with Crippen LogP contribution in [0, 0.1) is 0 Å². The smallest absolute Gasteiger partial charge is 0.240 e. The molecule has 0 spiro atoms. The summed E-state index contributed by atoms with van der Waals surface area (Å²) in [4.78, 5) is 0.173. The van der Waals surface area contributed by atoms with Crippen LogP contribution in [0.4, 0.5) is 5.69 Å². The van der Waals surface area contributed by atoms with Crippen molar-refractivity contribution in [2.24, 2.45) is 0 Å². The van der Waals surface area contributed by atoms with E-state index in [2.05, 4.69) is 4.72 Å². The Bertz CT molecular complexity index is 510. The van der Waals surface area contributed by atoms with Crippen molar-refractivity contribution in [1.82, 2.24) is 4.72 Å². The maximum absolute atomic E-state index is 12.0. The summed E-state index contributed by atoms with van der Waals surface area (Å²) >= 11 is 5.76. The Morgan fingerprint density at radius 3 is 2.53 bits per heavy atom. The Morgan fingerprint density at radius 1 is 1.29 bits per heavy atom. The topological polar surface area (TPSA) is 72.2 Å². The second-order valence-electron chi connectivity index (χ2n) is 4.29. The van der Waals surface area contributed by atoms with Crippen molar-refractivity contribution in [3.8, 4) is 0 Å². The molecular weight excluding hydrogens is 260 g/mol. The molecule has 0 saturated heterocycles. The van der Waals surface area contributed by atoms with E-state index in [0.29, 0.717) is 5.02 Å². The molecule has 1 aliphatic carbocycles. The minimum absolute atomic E-state index is 0.0527. The van der Waals surface area contributed by atoms with Gasteiger partial charge in [0.15, 0.2) is 0 Å². The summed E-state index contributed by atoms with van der Waals surface area (Å²) in [5.74, 6) is 0. The first-order valence-corrected chi connectivity index (χ1v) is 7.42. The number of benzene rings is 1. The zero-order valence-corrected chi connectivity index (χ0v) is 10.9. The number of anilines is 1. The van der Waals surface area contributed by atoms with E-state index in [-0.39, 0.29) is 16.6 Å². The molecule has 0 heterocycles. The van der Waals surface area contributed by atoms with Gasteiger partial charge >= 0.3 is 0 Å². The van der Waals surface area contributed by atoms with Gasteiger partial charge in [0.25, 0.3) is 0 Å². The van der Waals surface area contributed by atoms with Crippen molar-refractivity contribution in [1.29, 1.82) is 0 Å². The van der Waals surface area contributed by atoms with E-state index in [4.69, 9.17) is 17.3 Å². The van der Waals surface area contributed by atoms with E-state index < -0.39 is 10.0 Å². The molecule has 1 aliphatic rings. The van der Waals surface area contributed by atoms with Crippen LogP contribution < -0.4 is 10.5 Å². The Morgan fingerprint density at radius 2 is 1.94 bits per heavy atom. The van der Waals surface area contributed by atoms with E-state index in [1.807, 2.05) is 0 Å². The van der Waals surface area contributed by atoms with Crippen LogP contribution in [0.25, 0.3) is 0 Å². The number of rotatable bonds is 3. The molecule has 3 N–H and O–H groups in total. The standard InChI is InChI=1S/C11H15ClN2O2S/c12-10-6-5-9(7-11(10)13)17(15,16)14-8-3-1-2-4-8/h5-8,14H,1-4,13H2. The third kappa shape index (κ3) is 2.91. The fraction of sp³-hybridized carbons (Fsp3) is 0.455. The van der Waals surface area contributed by atoms with E-state index in [1.54, 1.807) is 0 Å². The highest BCUT2D eigenvalue weighted by molar-refractivity contribution is 7.89. The third-order valence-corrected chi connectivity index (χ3v) is 4.82. The molecule has 1 saturated carbocycles. The fourth-order valence-electron chi connectivity index (χ4n) is 2.02. The first kappa shape index (κ1) is 12.7. The first-order chi connectivity index (χ1) is 7.99. The van der Waals surface area contributed by atoms with Crippen LogP contribution in [0.5, 0.6) is 0 Å². The predicted molar refractivity (Wildman–Crippen MR) is 68.4 cm³/mol. The van der Waals surface area contributed by atoms with Crippen molar-refractivity contribution >= 4 is 27.3 Å². The van der Waals surface area contributed by atoms with Gasteiger partial charge in [-0.3, -0.25) is 0 Å². The molecule has 0 aromatic heterocycles. The number of nitrogens with two attached hydrogens (primary N) is 1. The van der Waals surface area contributed by atoms with Crippen molar-refractivity contribution in [3.63, 3.8) is 0 Å².